The van der Waals surface area contributed by atoms with Gasteiger partial charge < -0.3 is 14.7 Å². The van der Waals surface area contributed by atoms with Gasteiger partial charge in [-0.25, -0.2) is 0 Å². The van der Waals surface area contributed by atoms with E-state index in [4.69, 9.17) is 0 Å². The molecule has 1 heterocycles. The molecular formula is C15H25N3O3. The molecule has 118 valence electrons. The summed E-state index contributed by atoms with van der Waals surface area (Å²) < 4.78 is 0. The molecule has 6 heteroatoms. The summed E-state index contributed by atoms with van der Waals surface area (Å²) in [6.45, 7) is 4.02. The van der Waals surface area contributed by atoms with E-state index in [-0.39, 0.29) is 24.4 Å². The number of amides is 3. The Bertz CT molecular complexity index is 386. The van der Waals surface area contributed by atoms with Crippen LogP contribution in [0, 0.1) is 0 Å². The third kappa shape index (κ3) is 4.19. The van der Waals surface area contributed by atoms with Crippen molar-refractivity contribution in [1.29, 1.82) is 0 Å². The Morgan fingerprint density at radius 1 is 1.10 bits per heavy atom. The molecule has 2 aliphatic rings. The number of hydrogen-bond donors (Lipinski definition) is 0. The van der Waals surface area contributed by atoms with Crippen molar-refractivity contribution in [2.24, 2.45) is 0 Å². The highest BCUT2D eigenvalue weighted by atomic mass is 16.2. The predicted molar refractivity (Wildman–Crippen MR) is 78.5 cm³/mol. The molecule has 0 aromatic carbocycles. The summed E-state index contributed by atoms with van der Waals surface area (Å²) in [5.41, 5.74) is 0. The zero-order chi connectivity index (χ0) is 15.2. The second-order valence-electron chi connectivity index (χ2n) is 5.96. The summed E-state index contributed by atoms with van der Waals surface area (Å²) in [4.78, 5) is 40.1. The zero-order valence-electron chi connectivity index (χ0n) is 12.8. The molecule has 0 unspecified atom stereocenters. The number of rotatable bonds is 4. The standard InChI is InChI=1S/C15H25N3O3/c1-13(20)18(14-5-3-2-4-6-14)11-15(21)17-9-7-16(12-19)8-10-17/h12,14H,2-11H2,1H3. The normalized spacial score (nSPS) is 20.2. The van der Waals surface area contributed by atoms with Crippen LogP contribution in [0.5, 0.6) is 0 Å². The molecule has 1 aliphatic carbocycles. The topological polar surface area (TPSA) is 60.9 Å². The first kappa shape index (κ1) is 15.8. The van der Waals surface area contributed by atoms with Crippen molar-refractivity contribution in [3.63, 3.8) is 0 Å². The van der Waals surface area contributed by atoms with Crippen molar-refractivity contribution in [2.75, 3.05) is 32.7 Å². The van der Waals surface area contributed by atoms with E-state index in [2.05, 4.69) is 0 Å². The quantitative estimate of drug-likeness (QED) is 0.708. The van der Waals surface area contributed by atoms with E-state index in [1.54, 1.807) is 21.6 Å². The van der Waals surface area contributed by atoms with Gasteiger partial charge in [-0.3, -0.25) is 14.4 Å². The minimum Gasteiger partial charge on any atom is -0.342 e. The Morgan fingerprint density at radius 2 is 1.71 bits per heavy atom. The Balaban J connectivity index is 1.89. The lowest BCUT2D eigenvalue weighted by Gasteiger charge is -2.37. The van der Waals surface area contributed by atoms with E-state index in [9.17, 15) is 14.4 Å². The summed E-state index contributed by atoms with van der Waals surface area (Å²) in [5, 5.41) is 0. The van der Waals surface area contributed by atoms with Gasteiger partial charge in [0.1, 0.15) is 0 Å². The number of nitrogens with zero attached hydrogens (tertiary/aromatic N) is 3. The average Bonchev–Trinajstić information content (AvgIpc) is 2.53. The van der Waals surface area contributed by atoms with Crippen LogP contribution in [0.15, 0.2) is 0 Å². The molecule has 0 aromatic heterocycles. The number of carbonyl (C=O) groups excluding carboxylic acids is 3. The van der Waals surface area contributed by atoms with Gasteiger partial charge in [0.25, 0.3) is 0 Å². The minimum absolute atomic E-state index is 0.00122. The summed E-state index contributed by atoms with van der Waals surface area (Å²) >= 11 is 0. The third-order valence-corrected chi connectivity index (χ3v) is 4.54. The van der Waals surface area contributed by atoms with Gasteiger partial charge >= 0.3 is 0 Å². The second kappa shape index (κ2) is 7.43. The van der Waals surface area contributed by atoms with Gasteiger partial charge in [-0.15, -0.1) is 0 Å². The van der Waals surface area contributed by atoms with Crippen molar-refractivity contribution in [3.05, 3.63) is 0 Å². The van der Waals surface area contributed by atoms with Crippen molar-refractivity contribution in [2.45, 2.75) is 45.1 Å². The molecule has 0 atom stereocenters. The predicted octanol–water partition coefficient (Wildman–Crippen LogP) is 0.468. The van der Waals surface area contributed by atoms with Crippen molar-refractivity contribution in [3.8, 4) is 0 Å². The van der Waals surface area contributed by atoms with Gasteiger partial charge in [-0.05, 0) is 12.8 Å². The highest BCUT2D eigenvalue weighted by molar-refractivity contribution is 5.84. The van der Waals surface area contributed by atoms with Crippen LogP contribution in [0.2, 0.25) is 0 Å². The smallest absolute Gasteiger partial charge is 0.242 e. The molecule has 0 N–H and O–H groups in total. The van der Waals surface area contributed by atoms with Crippen molar-refractivity contribution in [1.82, 2.24) is 14.7 Å². The monoisotopic (exact) mass is 295 g/mol. The SMILES string of the molecule is CC(=O)N(CC(=O)N1CCN(C=O)CC1)C1CCCCC1. The fourth-order valence-electron chi connectivity index (χ4n) is 3.21. The summed E-state index contributed by atoms with van der Waals surface area (Å²) in [5.74, 6) is -0.0110. The van der Waals surface area contributed by atoms with Crippen LogP contribution in [0.4, 0.5) is 0 Å². The molecule has 0 radical (unpaired) electrons. The maximum absolute atomic E-state index is 12.4. The van der Waals surface area contributed by atoms with E-state index in [0.29, 0.717) is 26.2 Å². The van der Waals surface area contributed by atoms with Crippen LogP contribution in [-0.2, 0) is 14.4 Å². The van der Waals surface area contributed by atoms with Gasteiger partial charge in [0.2, 0.25) is 18.2 Å². The Kier molecular flexibility index (Phi) is 5.59. The molecule has 2 rings (SSSR count). The largest absolute Gasteiger partial charge is 0.342 e. The molecule has 1 saturated heterocycles. The van der Waals surface area contributed by atoms with Crippen molar-refractivity contribution >= 4 is 18.2 Å². The highest BCUT2D eigenvalue weighted by Crippen LogP contribution is 2.22. The first-order valence-electron chi connectivity index (χ1n) is 7.86. The van der Waals surface area contributed by atoms with E-state index in [1.807, 2.05) is 0 Å². The summed E-state index contributed by atoms with van der Waals surface area (Å²) in [6, 6.07) is 0.219. The van der Waals surface area contributed by atoms with Crippen LogP contribution in [0.1, 0.15) is 39.0 Å². The molecule has 1 saturated carbocycles. The van der Waals surface area contributed by atoms with Gasteiger partial charge in [0.05, 0.1) is 6.54 Å². The van der Waals surface area contributed by atoms with E-state index in [1.165, 1.54) is 6.42 Å². The van der Waals surface area contributed by atoms with E-state index in [0.717, 1.165) is 32.1 Å². The van der Waals surface area contributed by atoms with Crippen LogP contribution < -0.4 is 0 Å². The second-order valence-corrected chi connectivity index (χ2v) is 5.96. The van der Waals surface area contributed by atoms with Gasteiger partial charge in [-0.1, -0.05) is 19.3 Å². The Hall–Kier alpha value is -1.59. The van der Waals surface area contributed by atoms with Crippen LogP contribution in [0.25, 0.3) is 0 Å². The number of carbonyl (C=O) groups is 3. The van der Waals surface area contributed by atoms with Gasteiger partial charge in [0, 0.05) is 39.1 Å². The lowest BCUT2D eigenvalue weighted by atomic mass is 9.94. The zero-order valence-corrected chi connectivity index (χ0v) is 12.8. The van der Waals surface area contributed by atoms with E-state index < -0.39 is 0 Å². The molecular weight excluding hydrogens is 270 g/mol. The third-order valence-electron chi connectivity index (χ3n) is 4.54. The van der Waals surface area contributed by atoms with Crippen LogP contribution in [-0.4, -0.2) is 71.7 Å². The molecule has 0 bridgehead atoms. The lowest BCUT2D eigenvalue weighted by molar-refractivity contribution is -0.143. The van der Waals surface area contributed by atoms with Gasteiger partial charge in [-0.2, -0.15) is 0 Å². The maximum atomic E-state index is 12.4. The van der Waals surface area contributed by atoms with Gasteiger partial charge in [0.15, 0.2) is 0 Å². The minimum atomic E-state index is -0.0122. The number of hydrogen-bond acceptors (Lipinski definition) is 3. The first-order chi connectivity index (χ1) is 10.1. The lowest BCUT2D eigenvalue weighted by Crippen LogP contribution is -2.52. The average molecular weight is 295 g/mol. The highest BCUT2D eigenvalue weighted by Gasteiger charge is 2.28. The van der Waals surface area contributed by atoms with Crippen LogP contribution >= 0.6 is 0 Å². The fraction of sp³-hybridized carbons (Fsp3) is 0.800. The number of piperazine rings is 1. The van der Waals surface area contributed by atoms with Crippen molar-refractivity contribution < 1.29 is 14.4 Å². The molecule has 21 heavy (non-hydrogen) atoms. The molecule has 3 amide bonds. The maximum Gasteiger partial charge on any atom is 0.242 e. The Labute approximate surface area is 126 Å². The first-order valence-corrected chi connectivity index (χ1v) is 7.86. The molecule has 2 fully saturated rings. The summed E-state index contributed by atoms with van der Waals surface area (Å²) in [6.07, 6.45) is 6.34. The van der Waals surface area contributed by atoms with E-state index >= 15 is 0 Å². The Morgan fingerprint density at radius 3 is 2.24 bits per heavy atom. The summed E-state index contributed by atoms with van der Waals surface area (Å²) in [7, 11) is 0. The molecule has 6 nitrogen and oxygen atoms in total. The fourth-order valence-corrected chi connectivity index (χ4v) is 3.21. The van der Waals surface area contributed by atoms with Crippen LogP contribution in [0.3, 0.4) is 0 Å². The molecule has 0 aromatic rings. The molecule has 0 spiro atoms. The molecule has 1 aliphatic heterocycles.